The minimum absolute atomic E-state index is 0.227. The molecule has 1 aliphatic rings. The molecule has 4 rings (SSSR count). The fourth-order valence-electron chi connectivity index (χ4n) is 2.93. The van der Waals surface area contributed by atoms with Crippen LogP contribution in [0.3, 0.4) is 0 Å². The molecule has 0 atom stereocenters. The van der Waals surface area contributed by atoms with E-state index in [1.807, 2.05) is 4.90 Å². The van der Waals surface area contributed by atoms with E-state index < -0.39 is 5.82 Å². The first-order valence-electron chi connectivity index (χ1n) is 8.01. The SMILES string of the molecule is Fc1cc(Nc2ncnc3c(F)cccc23)ccc1N1CCOCC1. The van der Waals surface area contributed by atoms with Crippen molar-refractivity contribution < 1.29 is 13.5 Å². The molecule has 1 aromatic heterocycles. The number of halogens is 2. The third-order valence-corrected chi connectivity index (χ3v) is 4.18. The molecule has 0 amide bonds. The summed E-state index contributed by atoms with van der Waals surface area (Å²) in [6.07, 6.45) is 1.28. The average Bonchev–Trinajstić information content (AvgIpc) is 2.63. The number of anilines is 3. The highest BCUT2D eigenvalue weighted by atomic mass is 19.1. The smallest absolute Gasteiger partial charge is 0.149 e. The topological polar surface area (TPSA) is 50.3 Å². The summed E-state index contributed by atoms with van der Waals surface area (Å²) in [6, 6.07) is 9.58. The molecule has 1 saturated heterocycles. The Labute approximate surface area is 143 Å². The lowest BCUT2D eigenvalue weighted by Crippen LogP contribution is -2.36. The minimum Gasteiger partial charge on any atom is -0.378 e. The second-order valence-corrected chi connectivity index (χ2v) is 5.75. The van der Waals surface area contributed by atoms with E-state index in [1.165, 1.54) is 18.5 Å². The molecule has 0 spiro atoms. The van der Waals surface area contributed by atoms with Crippen molar-refractivity contribution in [1.82, 2.24) is 9.97 Å². The number of hydrogen-bond donors (Lipinski definition) is 1. The van der Waals surface area contributed by atoms with E-state index in [0.29, 0.717) is 48.9 Å². The molecule has 7 heteroatoms. The molecule has 2 aromatic carbocycles. The molecule has 0 unspecified atom stereocenters. The maximum atomic E-state index is 14.5. The van der Waals surface area contributed by atoms with Crippen LogP contribution in [0.5, 0.6) is 0 Å². The van der Waals surface area contributed by atoms with Crippen LogP contribution < -0.4 is 10.2 Å². The van der Waals surface area contributed by atoms with Crippen LogP contribution in [0, 0.1) is 11.6 Å². The van der Waals surface area contributed by atoms with Crippen molar-refractivity contribution in [3.05, 3.63) is 54.4 Å². The van der Waals surface area contributed by atoms with Gasteiger partial charge in [-0.3, -0.25) is 0 Å². The van der Waals surface area contributed by atoms with E-state index in [2.05, 4.69) is 15.3 Å². The van der Waals surface area contributed by atoms with Gasteiger partial charge in [-0.15, -0.1) is 0 Å². The normalized spacial score (nSPS) is 14.7. The molecule has 0 radical (unpaired) electrons. The predicted octanol–water partition coefficient (Wildman–Crippen LogP) is 3.49. The van der Waals surface area contributed by atoms with Crippen LogP contribution in [0.15, 0.2) is 42.7 Å². The zero-order valence-corrected chi connectivity index (χ0v) is 13.4. The molecule has 2 heterocycles. The Morgan fingerprint density at radius 2 is 1.84 bits per heavy atom. The number of benzene rings is 2. The van der Waals surface area contributed by atoms with E-state index in [9.17, 15) is 8.78 Å². The van der Waals surface area contributed by atoms with Gasteiger partial charge in [0.05, 0.1) is 18.9 Å². The van der Waals surface area contributed by atoms with Crippen molar-refractivity contribution in [2.24, 2.45) is 0 Å². The quantitative estimate of drug-likeness (QED) is 0.790. The Hall–Kier alpha value is -2.80. The lowest BCUT2D eigenvalue weighted by atomic mass is 10.2. The number of rotatable bonds is 3. The Morgan fingerprint density at radius 3 is 2.64 bits per heavy atom. The Morgan fingerprint density at radius 1 is 1.00 bits per heavy atom. The summed E-state index contributed by atoms with van der Waals surface area (Å²) < 4.78 is 33.6. The van der Waals surface area contributed by atoms with E-state index in [1.54, 1.807) is 24.3 Å². The predicted molar refractivity (Wildman–Crippen MR) is 92.2 cm³/mol. The zero-order chi connectivity index (χ0) is 17.2. The van der Waals surface area contributed by atoms with Crippen molar-refractivity contribution in [2.75, 3.05) is 36.5 Å². The van der Waals surface area contributed by atoms with E-state index in [-0.39, 0.29) is 11.3 Å². The van der Waals surface area contributed by atoms with Crippen LogP contribution in [0.1, 0.15) is 0 Å². The second-order valence-electron chi connectivity index (χ2n) is 5.75. The summed E-state index contributed by atoms with van der Waals surface area (Å²) in [5.74, 6) is -0.309. The zero-order valence-electron chi connectivity index (χ0n) is 13.4. The van der Waals surface area contributed by atoms with Gasteiger partial charge in [0.15, 0.2) is 0 Å². The lowest BCUT2D eigenvalue weighted by molar-refractivity contribution is 0.122. The molecule has 0 bridgehead atoms. The second kappa shape index (κ2) is 6.60. The van der Waals surface area contributed by atoms with Crippen molar-refractivity contribution >= 4 is 28.1 Å². The van der Waals surface area contributed by atoms with Crippen LogP contribution in [0.4, 0.5) is 26.0 Å². The molecule has 0 aliphatic carbocycles. The maximum Gasteiger partial charge on any atom is 0.149 e. The van der Waals surface area contributed by atoms with Crippen molar-refractivity contribution in [1.29, 1.82) is 0 Å². The molecule has 0 saturated carbocycles. The summed E-state index contributed by atoms with van der Waals surface area (Å²) in [5.41, 5.74) is 1.32. The van der Waals surface area contributed by atoms with Gasteiger partial charge in [-0.1, -0.05) is 6.07 Å². The summed E-state index contributed by atoms with van der Waals surface area (Å²) in [5, 5.41) is 3.59. The largest absolute Gasteiger partial charge is 0.378 e. The molecule has 25 heavy (non-hydrogen) atoms. The summed E-state index contributed by atoms with van der Waals surface area (Å²) in [6.45, 7) is 2.52. The molecule has 128 valence electrons. The number of aromatic nitrogens is 2. The molecule has 1 N–H and O–H groups in total. The lowest BCUT2D eigenvalue weighted by Gasteiger charge is -2.29. The first kappa shape index (κ1) is 15.7. The van der Waals surface area contributed by atoms with Gasteiger partial charge >= 0.3 is 0 Å². The highest BCUT2D eigenvalue weighted by Crippen LogP contribution is 2.28. The summed E-state index contributed by atoms with van der Waals surface area (Å²) in [7, 11) is 0. The molecule has 5 nitrogen and oxygen atoms in total. The Kier molecular flexibility index (Phi) is 4.15. The van der Waals surface area contributed by atoms with Gasteiger partial charge < -0.3 is 15.0 Å². The van der Waals surface area contributed by atoms with Gasteiger partial charge in [0.1, 0.15) is 29.3 Å². The van der Waals surface area contributed by atoms with Gasteiger partial charge in [-0.05, 0) is 30.3 Å². The van der Waals surface area contributed by atoms with Crippen LogP contribution in [0.25, 0.3) is 10.9 Å². The van der Waals surface area contributed by atoms with Crippen LogP contribution in [0.2, 0.25) is 0 Å². The number of para-hydroxylation sites is 1. The standard InChI is InChI=1S/C18H16F2N4O/c19-14-3-1-2-13-17(14)21-11-22-18(13)23-12-4-5-16(15(20)10-12)24-6-8-25-9-7-24/h1-5,10-11H,6-9H2,(H,21,22,23). The first-order valence-corrected chi connectivity index (χ1v) is 8.01. The van der Waals surface area contributed by atoms with Crippen LogP contribution >= 0.6 is 0 Å². The Balaban J connectivity index is 1.63. The van der Waals surface area contributed by atoms with Gasteiger partial charge in [-0.25, -0.2) is 18.7 Å². The average molecular weight is 342 g/mol. The minimum atomic E-state index is -0.420. The van der Waals surface area contributed by atoms with Crippen LogP contribution in [-0.2, 0) is 4.74 Å². The number of ether oxygens (including phenoxy) is 1. The fraction of sp³-hybridized carbons (Fsp3) is 0.222. The van der Waals surface area contributed by atoms with E-state index >= 15 is 0 Å². The van der Waals surface area contributed by atoms with Crippen molar-refractivity contribution in [3.63, 3.8) is 0 Å². The first-order chi connectivity index (χ1) is 12.2. The molecular formula is C18H16F2N4O. The summed E-state index contributed by atoms with van der Waals surface area (Å²) >= 11 is 0. The van der Waals surface area contributed by atoms with Gasteiger partial charge in [-0.2, -0.15) is 0 Å². The van der Waals surface area contributed by atoms with Crippen molar-refractivity contribution in [2.45, 2.75) is 0 Å². The molecule has 1 fully saturated rings. The van der Waals surface area contributed by atoms with E-state index in [0.717, 1.165) is 0 Å². The monoisotopic (exact) mass is 342 g/mol. The number of hydrogen-bond acceptors (Lipinski definition) is 5. The number of nitrogens with one attached hydrogen (secondary N) is 1. The third kappa shape index (κ3) is 3.10. The maximum absolute atomic E-state index is 14.5. The van der Waals surface area contributed by atoms with Crippen LogP contribution in [-0.4, -0.2) is 36.3 Å². The molecular weight excluding hydrogens is 326 g/mol. The van der Waals surface area contributed by atoms with Gasteiger partial charge in [0.25, 0.3) is 0 Å². The number of nitrogens with zero attached hydrogens (tertiary/aromatic N) is 3. The van der Waals surface area contributed by atoms with E-state index in [4.69, 9.17) is 4.74 Å². The Bertz CT molecular complexity index is 913. The number of fused-ring (bicyclic) bond motifs is 1. The highest BCUT2D eigenvalue weighted by molar-refractivity contribution is 5.90. The van der Waals surface area contributed by atoms with Gasteiger partial charge in [0, 0.05) is 24.2 Å². The highest BCUT2D eigenvalue weighted by Gasteiger charge is 2.16. The molecule has 1 aliphatic heterocycles. The van der Waals surface area contributed by atoms with Crippen molar-refractivity contribution in [3.8, 4) is 0 Å². The fourth-order valence-corrected chi connectivity index (χ4v) is 2.93. The van der Waals surface area contributed by atoms with Gasteiger partial charge in [0.2, 0.25) is 0 Å². The third-order valence-electron chi connectivity index (χ3n) is 4.18. The summed E-state index contributed by atoms with van der Waals surface area (Å²) in [4.78, 5) is 10.1. The molecule has 3 aromatic rings. The number of morpholine rings is 1.